The van der Waals surface area contributed by atoms with Crippen molar-refractivity contribution in [2.75, 3.05) is 19.0 Å². The lowest BCUT2D eigenvalue weighted by molar-refractivity contribution is 0.0740. The van der Waals surface area contributed by atoms with Crippen molar-refractivity contribution in [3.63, 3.8) is 0 Å². The average Bonchev–Trinajstić information content (AvgIpc) is 3.19. The summed E-state index contributed by atoms with van der Waals surface area (Å²) in [5.41, 5.74) is 2.16. The topological polar surface area (TPSA) is 130 Å². The van der Waals surface area contributed by atoms with Crippen molar-refractivity contribution in [1.82, 2.24) is 29.7 Å². The van der Waals surface area contributed by atoms with Gasteiger partial charge in [-0.05, 0) is 32.8 Å². The van der Waals surface area contributed by atoms with Crippen LogP contribution in [0.3, 0.4) is 0 Å². The zero-order chi connectivity index (χ0) is 22.5. The van der Waals surface area contributed by atoms with Crippen LogP contribution in [0.1, 0.15) is 56.7 Å². The maximum absolute atomic E-state index is 11.8. The Morgan fingerprint density at radius 1 is 1.47 bits per heavy atom. The molecule has 11 heteroatoms. The van der Waals surface area contributed by atoms with E-state index in [0.29, 0.717) is 24.7 Å². The molecule has 1 amide bonds. The molecule has 3 N–H and O–H groups in total. The van der Waals surface area contributed by atoms with Gasteiger partial charge in [0.1, 0.15) is 11.6 Å². The van der Waals surface area contributed by atoms with Crippen LogP contribution < -0.4 is 5.32 Å². The van der Waals surface area contributed by atoms with Gasteiger partial charge >= 0.3 is 6.09 Å². The SMILES string of the molecule is CO[C@H](C)c1cc2c(Nc3cc([C@H]4C[C@@H](N(C(=O)O)C5(C)CC5)CO4)[nH]n3)nccn2n1. The zero-order valence-electron chi connectivity index (χ0n) is 18.3. The molecule has 1 saturated carbocycles. The Hall–Kier alpha value is -3.18. The molecule has 5 rings (SSSR count). The Kier molecular flexibility index (Phi) is 5.01. The second-order valence-electron chi connectivity index (χ2n) is 8.75. The highest BCUT2D eigenvalue weighted by Crippen LogP contribution is 2.45. The second-order valence-corrected chi connectivity index (χ2v) is 8.75. The van der Waals surface area contributed by atoms with Crippen molar-refractivity contribution in [2.24, 2.45) is 0 Å². The third-order valence-corrected chi connectivity index (χ3v) is 6.47. The number of aromatic nitrogens is 5. The molecule has 0 spiro atoms. The van der Waals surface area contributed by atoms with E-state index in [0.717, 1.165) is 29.7 Å². The van der Waals surface area contributed by atoms with E-state index in [4.69, 9.17) is 9.47 Å². The van der Waals surface area contributed by atoms with Gasteiger partial charge in [0.05, 0.1) is 30.1 Å². The van der Waals surface area contributed by atoms with Crippen LogP contribution in [0.5, 0.6) is 0 Å². The Morgan fingerprint density at radius 2 is 2.28 bits per heavy atom. The lowest BCUT2D eigenvalue weighted by atomic mass is 10.1. The van der Waals surface area contributed by atoms with Gasteiger partial charge in [0, 0.05) is 37.5 Å². The van der Waals surface area contributed by atoms with Crippen LogP contribution in [0, 0.1) is 0 Å². The van der Waals surface area contributed by atoms with Gasteiger partial charge in [-0.3, -0.25) is 10.00 Å². The number of nitrogens with one attached hydrogen (secondary N) is 2. The first kappa shape index (κ1) is 20.7. The molecule has 11 nitrogen and oxygen atoms in total. The molecular formula is C21H27N7O4. The van der Waals surface area contributed by atoms with Gasteiger partial charge in [0.15, 0.2) is 11.6 Å². The average molecular weight is 441 g/mol. The van der Waals surface area contributed by atoms with Crippen LogP contribution in [-0.4, -0.2) is 66.2 Å². The van der Waals surface area contributed by atoms with E-state index in [9.17, 15) is 9.90 Å². The van der Waals surface area contributed by atoms with Crippen molar-refractivity contribution < 1.29 is 19.4 Å². The normalized spacial score (nSPS) is 22.7. The predicted octanol–water partition coefficient (Wildman–Crippen LogP) is 3.27. The number of hydrogen-bond donors (Lipinski definition) is 3. The maximum atomic E-state index is 11.8. The zero-order valence-corrected chi connectivity index (χ0v) is 18.3. The molecule has 170 valence electrons. The number of carboxylic acid groups (broad SMARTS) is 1. The Bertz CT molecular complexity index is 1140. The molecular weight excluding hydrogens is 414 g/mol. The number of amides is 1. The lowest BCUT2D eigenvalue weighted by Gasteiger charge is -2.31. The second kappa shape index (κ2) is 7.75. The molecule has 1 aliphatic carbocycles. The quantitative estimate of drug-likeness (QED) is 0.509. The number of nitrogens with zero attached hydrogens (tertiary/aromatic N) is 5. The minimum atomic E-state index is -0.881. The Balaban J connectivity index is 1.31. The number of ether oxygens (including phenoxy) is 2. The summed E-state index contributed by atoms with van der Waals surface area (Å²) in [7, 11) is 1.65. The lowest BCUT2D eigenvalue weighted by Crippen LogP contribution is -2.47. The van der Waals surface area contributed by atoms with Crippen molar-refractivity contribution in [3.8, 4) is 0 Å². The van der Waals surface area contributed by atoms with E-state index < -0.39 is 6.09 Å². The molecule has 0 radical (unpaired) electrons. The molecule has 3 atom stereocenters. The fraction of sp³-hybridized carbons (Fsp3) is 0.524. The van der Waals surface area contributed by atoms with Gasteiger partial charge in [0.2, 0.25) is 0 Å². The van der Waals surface area contributed by atoms with Crippen LogP contribution in [0.2, 0.25) is 0 Å². The van der Waals surface area contributed by atoms with Crippen LogP contribution in [0.25, 0.3) is 5.52 Å². The van der Waals surface area contributed by atoms with Crippen LogP contribution in [0.15, 0.2) is 24.5 Å². The summed E-state index contributed by atoms with van der Waals surface area (Å²) in [6.45, 7) is 4.31. The van der Waals surface area contributed by atoms with Crippen molar-refractivity contribution in [2.45, 2.75) is 56.9 Å². The minimum Gasteiger partial charge on any atom is -0.465 e. The molecule has 0 unspecified atom stereocenters. The van der Waals surface area contributed by atoms with E-state index in [2.05, 4.69) is 25.6 Å². The van der Waals surface area contributed by atoms with E-state index in [1.807, 2.05) is 26.0 Å². The van der Waals surface area contributed by atoms with Crippen LogP contribution >= 0.6 is 0 Å². The molecule has 2 fully saturated rings. The number of anilines is 2. The fourth-order valence-electron chi connectivity index (χ4n) is 4.30. The molecule has 1 aliphatic heterocycles. The van der Waals surface area contributed by atoms with E-state index in [1.54, 1.807) is 28.9 Å². The number of fused-ring (bicyclic) bond motifs is 1. The van der Waals surface area contributed by atoms with Gasteiger partial charge in [-0.1, -0.05) is 0 Å². The third-order valence-electron chi connectivity index (χ3n) is 6.47. The smallest absolute Gasteiger partial charge is 0.408 e. The van der Waals surface area contributed by atoms with Gasteiger partial charge in [-0.25, -0.2) is 14.3 Å². The third kappa shape index (κ3) is 3.67. The number of H-pyrrole nitrogens is 1. The maximum Gasteiger partial charge on any atom is 0.408 e. The van der Waals surface area contributed by atoms with E-state index in [1.165, 1.54) is 0 Å². The van der Waals surface area contributed by atoms with E-state index >= 15 is 0 Å². The van der Waals surface area contributed by atoms with Crippen molar-refractivity contribution in [1.29, 1.82) is 0 Å². The van der Waals surface area contributed by atoms with Gasteiger partial charge in [0.25, 0.3) is 0 Å². The first-order valence-electron chi connectivity index (χ1n) is 10.7. The van der Waals surface area contributed by atoms with Crippen molar-refractivity contribution in [3.05, 3.63) is 35.9 Å². The summed E-state index contributed by atoms with van der Waals surface area (Å²) in [5, 5.41) is 24.8. The van der Waals surface area contributed by atoms with Crippen molar-refractivity contribution >= 4 is 23.2 Å². The number of rotatable bonds is 7. The molecule has 3 aromatic heterocycles. The number of carbonyl (C=O) groups is 1. The largest absolute Gasteiger partial charge is 0.465 e. The summed E-state index contributed by atoms with van der Waals surface area (Å²) in [5.74, 6) is 1.22. The fourth-order valence-corrected chi connectivity index (χ4v) is 4.30. The van der Waals surface area contributed by atoms with Crippen LogP contribution in [-0.2, 0) is 9.47 Å². The minimum absolute atomic E-state index is 0.129. The van der Waals surface area contributed by atoms with Gasteiger partial charge in [-0.15, -0.1) is 0 Å². The van der Waals surface area contributed by atoms with Crippen LogP contribution in [0.4, 0.5) is 16.4 Å². The first-order chi connectivity index (χ1) is 15.4. The van der Waals surface area contributed by atoms with E-state index in [-0.39, 0.29) is 23.8 Å². The number of hydrogen-bond acceptors (Lipinski definition) is 7. The highest BCUT2D eigenvalue weighted by molar-refractivity contribution is 5.72. The highest BCUT2D eigenvalue weighted by Gasteiger charge is 2.50. The summed E-state index contributed by atoms with van der Waals surface area (Å²) < 4.78 is 13.0. The number of aromatic amines is 1. The van der Waals surface area contributed by atoms with Gasteiger partial charge < -0.3 is 19.9 Å². The molecule has 32 heavy (non-hydrogen) atoms. The molecule has 1 saturated heterocycles. The highest BCUT2D eigenvalue weighted by atomic mass is 16.5. The standard InChI is InChI=1S/C21H27N7O4/c1-12(31-3)14-9-16-19(22-6-7-27(16)26-14)23-18-10-15(24-25-18)17-8-13(11-32-17)28(20(29)30)21(2)4-5-21/h6-7,9-10,12-13,17H,4-5,8,11H2,1-3H3,(H,29,30)(H2,22,23,24,25)/t12-,13-,17-/m1/s1. The Morgan fingerprint density at radius 3 is 3.00 bits per heavy atom. The predicted molar refractivity (Wildman–Crippen MR) is 115 cm³/mol. The summed E-state index contributed by atoms with van der Waals surface area (Å²) in [6.07, 6.45) is 4.60. The first-order valence-corrected chi connectivity index (χ1v) is 10.7. The molecule has 4 heterocycles. The molecule has 2 aliphatic rings. The summed E-state index contributed by atoms with van der Waals surface area (Å²) in [6, 6.07) is 3.64. The number of methoxy groups -OCH3 is 1. The van der Waals surface area contributed by atoms with Gasteiger partial charge in [-0.2, -0.15) is 10.2 Å². The molecule has 3 aromatic rings. The summed E-state index contributed by atoms with van der Waals surface area (Å²) >= 11 is 0. The Labute approximate surface area is 184 Å². The summed E-state index contributed by atoms with van der Waals surface area (Å²) in [4.78, 5) is 17.8. The monoisotopic (exact) mass is 441 g/mol. The molecule has 0 aromatic carbocycles. The molecule has 0 bridgehead atoms.